The number of aromatic nitrogens is 1. The van der Waals surface area contributed by atoms with Gasteiger partial charge in [-0.2, -0.15) is 0 Å². The fourth-order valence-electron chi connectivity index (χ4n) is 3.00. The number of Topliss-reactive ketones (excluding diaryl/α,β-unsaturated/α-hetero) is 1. The fraction of sp³-hybridized carbons (Fsp3) is 0.0870. The van der Waals surface area contributed by atoms with Crippen molar-refractivity contribution in [2.75, 3.05) is 0 Å². The van der Waals surface area contributed by atoms with Gasteiger partial charge in [-0.05, 0) is 49.2 Å². The Morgan fingerprint density at radius 3 is 2.61 bits per heavy atom. The molecule has 0 radical (unpaired) electrons. The first-order valence-corrected chi connectivity index (χ1v) is 8.79. The fourth-order valence-corrected chi connectivity index (χ4v) is 3.00. The summed E-state index contributed by atoms with van der Waals surface area (Å²) < 4.78 is 11.2. The molecule has 0 unspecified atom stereocenters. The Bertz CT molecular complexity index is 1100. The number of fused-ring (bicyclic) bond motifs is 1. The summed E-state index contributed by atoms with van der Waals surface area (Å²) in [7, 11) is 0. The maximum absolute atomic E-state index is 12.7. The number of allylic oxidation sites excluding steroid dienone is 1. The standard InChI is InChI=1S/C23H17NO4/c1-14-5-7-16(8-6-14)11-20-22(25)21-15(2)10-18(12-19(21)28-20)27-23(26)17-4-3-9-24-13-17/h3-13H,1-2H3/b20-11-. The summed E-state index contributed by atoms with van der Waals surface area (Å²) in [5.74, 6) is 0.245. The summed E-state index contributed by atoms with van der Waals surface area (Å²) in [4.78, 5) is 28.9. The molecule has 4 rings (SSSR count). The Labute approximate surface area is 162 Å². The van der Waals surface area contributed by atoms with Gasteiger partial charge in [-0.3, -0.25) is 9.78 Å². The molecule has 0 saturated carbocycles. The number of esters is 1. The maximum Gasteiger partial charge on any atom is 0.345 e. The molecule has 1 aliphatic rings. The minimum absolute atomic E-state index is 0.182. The lowest BCUT2D eigenvalue weighted by atomic mass is 10.0. The lowest BCUT2D eigenvalue weighted by molar-refractivity contribution is 0.0734. The zero-order valence-corrected chi connectivity index (χ0v) is 15.4. The van der Waals surface area contributed by atoms with Crippen LogP contribution in [0.4, 0.5) is 0 Å². The molecule has 5 heteroatoms. The third kappa shape index (κ3) is 3.42. The average Bonchev–Trinajstić information content (AvgIpc) is 3.00. The van der Waals surface area contributed by atoms with E-state index < -0.39 is 5.97 Å². The Kier molecular flexibility index (Phi) is 4.49. The van der Waals surface area contributed by atoms with Crippen LogP contribution in [0.1, 0.15) is 37.4 Å². The number of aryl methyl sites for hydroxylation is 2. The van der Waals surface area contributed by atoms with E-state index in [0.29, 0.717) is 28.2 Å². The number of ketones is 1. The number of hydrogen-bond donors (Lipinski definition) is 0. The first-order valence-electron chi connectivity index (χ1n) is 8.79. The molecule has 0 N–H and O–H groups in total. The molecule has 0 aliphatic carbocycles. The molecule has 138 valence electrons. The SMILES string of the molecule is Cc1ccc(/C=C2\Oc3cc(OC(=O)c4cccnc4)cc(C)c3C2=O)cc1. The van der Waals surface area contributed by atoms with Gasteiger partial charge in [0.15, 0.2) is 5.76 Å². The second-order valence-corrected chi connectivity index (χ2v) is 6.59. The zero-order chi connectivity index (χ0) is 19.7. The molecule has 2 aromatic carbocycles. The second kappa shape index (κ2) is 7.12. The van der Waals surface area contributed by atoms with Crippen LogP contribution in [-0.2, 0) is 0 Å². The molecular weight excluding hydrogens is 354 g/mol. The largest absolute Gasteiger partial charge is 0.452 e. The van der Waals surface area contributed by atoms with Gasteiger partial charge in [-0.15, -0.1) is 0 Å². The van der Waals surface area contributed by atoms with Gasteiger partial charge in [0.25, 0.3) is 0 Å². The van der Waals surface area contributed by atoms with E-state index in [1.807, 2.05) is 31.2 Å². The number of hydrogen-bond acceptors (Lipinski definition) is 5. The van der Waals surface area contributed by atoms with E-state index in [9.17, 15) is 9.59 Å². The van der Waals surface area contributed by atoms with E-state index in [0.717, 1.165) is 11.1 Å². The van der Waals surface area contributed by atoms with Gasteiger partial charge in [0.1, 0.15) is 11.5 Å². The van der Waals surface area contributed by atoms with E-state index in [-0.39, 0.29) is 11.5 Å². The highest BCUT2D eigenvalue weighted by Gasteiger charge is 2.30. The van der Waals surface area contributed by atoms with Crippen LogP contribution in [0.15, 0.2) is 66.7 Å². The Morgan fingerprint density at radius 2 is 1.89 bits per heavy atom. The molecule has 0 saturated heterocycles. The van der Waals surface area contributed by atoms with E-state index in [1.165, 1.54) is 6.20 Å². The molecule has 0 fully saturated rings. The zero-order valence-electron chi connectivity index (χ0n) is 15.4. The van der Waals surface area contributed by atoms with Crippen LogP contribution in [0.2, 0.25) is 0 Å². The van der Waals surface area contributed by atoms with Crippen LogP contribution in [0.5, 0.6) is 11.5 Å². The third-order valence-electron chi connectivity index (χ3n) is 4.43. The summed E-state index contributed by atoms with van der Waals surface area (Å²) in [5, 5.41) is 0. The summed E-state index contributed by atoms with van der Waals surface area (Å²) in [6.45, 7) is 3.79. The summed E-state index contributed by atoms with van der Waals surface area (Å²) >= 11 is 0. The van der Waals surface area contributed by atoms with E-state index in [1.54, 1.807) is 43.5 Å². The normalized spacial score (nSPS) is 13.9. The molecule has 3 aromatic rings. The molecule has 5 nitrogen and oxygen atoms in total. The molecule has 0 bridgehead atoms. The number of ether oxygens (including phenoxy) is 2. The number of pyridine rings is 1. The minimum atomic E-state index is -0.521. The molecule has 0 amide bonds. The van der Waals surface area contributed by atoms with Gasteiger partial charge >= 0.3 is 5.97 Å². The molecule has 28 heavy (non-hydrogen) atoms. The van der Waals surface area contributed by atoms with Crippen molar-refractivity contribution in [3.05, 3.63) is 94.5 Å². The van der Waals surface area contributed by atoms with Crippen molar-refractivity contribution in [3.8, 4) is 11.5 Å². The van der Waals surface area contributed by atoms with Gasteiger partial charge in [0.05, 0.1) is 11.1 Å². The Balaban J connectivity index is 1.61. The summed E-state index contributed by atoms with van der Waals surface area (Å²) in [6, 6.07) is 14.3. The van der Waals surface area contributed by atoms with Gasteiger partial charge in [-0.25, -0.2) is 4.79 Å². The molecule has 1 aliphatic heterocycles. The quantitative estimate of drug-likeness (QED) is 0.384. The second-order valence-electron chi connectivity index (χ2n) is 6.59. The van der Waals surface area contributed by atoms with Crippen LogP contribution in [0, 0.1) is 13.8 Å². The lowest BCUT2D eigenvalue weighted by Gasteiger charge is -2.07. The Morgan fingerprint density at radius 1 is 1.11 bits per heavy atom. The minimum Gasteiger partial charge on any atom is -0.452 e. The van der Waals surface area contributed by atoms with Gasteiger partial charge in [0.2, 0.25) is 5.78 Å². The topological polar surface area (TPSA) is 65.5 Å². The van der Waals surface area contributed by atoms with Crippen LogP contribution in [-0.4, -0.2) is 16.7 Å². The highest BCUT2D eigenvalue weighted by Crippen LogP contribution is 2.37. The number of benzene rings is 2. The van der Waals surface area contributed by atoms with E-state index in [4.69, 9.17) is 9.47 Å². The third-order valence-corrected chi connectivity index (χ3v) is 4.43. The molecule has 0 spiro atoms. The number of nitrogens with zero attached hydrogens (tertiary/aromatic N) is 1. The summed E-state index contributed by atoms with van der Waals surface area (Å²) in [5.41, 5.74) is 3.53. The van der Waals surface area contributed by atoms with Crippen LogP contribution < -0.4 is 9.47 Å². The molecule has 0 atom stereocenters. The van der Waals surface area contributed by atoms with Crippen molar-refractivity contribution >= 4 is 17.8 Å². The van der Waals surface area contributed by atoms with Crippen molar-refractivity contribution in [2.45, 2.75) is 13.8 Å². The lowest BCUT2D eigenvalue weighted by Crippen LogP contribution is -2.09. The van der Waals surface area contributed by atoms with E-state index >= 15 is 0 Å². The van der Waals surface area contributed by atoms with E-state index in [2.05, 4.69) is 4.98 Å². The first-order chi connectivity index (χ1) is 13.5. The monoisotopic (exact) mass is 371 g/mol. The number of rotatable bonds is 3. The van der Waals surface area contributed by atoms with Crippen molar-refractivity contribution in [1.29, 1.82) is 0 Å². The van der Waals surface area contributed by atoms with Crippen molar-refractivity contribution in [2.24, 2.45) is 0 Å². The van der Waals surface area contributed by atoms with Gasteiger partial charge in [0, 0.05) is 18.5 Å². The molecular formula is C23H17NO4. The van der Waals surface area contributed by atoms with Gasteiger partial charge in [-0.1, -0.05) is 29.8 Å². The first kappa shape index (κ1) is 17.7. The highest BCUT2D eigenvalue weighted by atomic mass is 16.5. The number of carbonyl (C=O) groups is 2. The van der Waals surface area contributed by atoms with Crippen LogP contribution in [0.25, 0.3) is 6.08 Å². The highest BCUT2D eigenvalue weighted by molar-refractivity contribution is 6.15. The summed E-state index contributed by atoms with van der Waals surface area (Å²) in [6.07, 6.45) is 4.73. The smallest absolute Gasteiger partial charge is 0.345 e. The molecule has 1 aromatic heterocycles. The maximum atomic E-state index is 12.7. The van der Waals surface area contributed by atoms with Gasteiger partial charge < -0.3 is 9.47 Å². The predicted octanol–water partition coefficient (Wildman–Crippen LogP) is 4.53. The van der Waals surface area contributed by atoms with Crippen molar-refractivity contribution in [1.82, 2.24) is 4.98 Å². The number of carbonyl (C=O) groups excluding carboxylic acids is 2. The van der Waals surface area contributed by atoms with Crippen molar-refractivity contribution < 1.29 is 19.1 Å². The molecule has 2 heterocycles. The van der Waals surface area contributed by atoms with Crippen LogP contribution in [0.3, 0.4) is 0 Å². The van der Waals surface area contributed by atoms with Crippen LogP contribution >= 0.6 is 0 Å². The predicted molar refractivity (Wildman–Crippen MR) is 104 cm³/mol. The Hall–Kier alpha value is -3.73. The average molecular weight is 371 g/mol. The van der Waals surface area contributed by atoms with Crippen molar-refractivity contribution in [3.63, 3.8) is 0 Å².